The number of β-lactam (4-membered cyclic amide) rings is 1. The van der Waals surface area contributed by atoms with Gasteiger partial charge in [0.25, 0.3) is 0 Å². The van der Waals surface area contributed by atoms with Crippen LogP contribution in [0, 0.1) is 0 Å². The number of carbonyl (C=O) groups excluding carboxylic acids is 3. The molecule has 0 radical (unpaired) electrons. The molecule has 164 valence electrons. The predicted molar refractivity (Wildman–Crippen MR) is 109 cm³/mol. The van der Waals surface area contributed by atoms with Gasteiger partial charge in [0.2, 0.25) is 17.7 Å². The van der Waals surface area contributed by atoms with Gasteiger partial charge in [0.15, 0.2) is 5.82 Å². The minimum atomic E-state index is -1.06. The highest BCUT2D eigenvalue weighted by Crippen LogP contribution is 2.56. The highest BCUT2D eigenvalue weighted by molar-refractivity contribution is 8.01. The second-order valence-electron chi connectivity index (χ2n) is 7.81. The number of benzene rings is 1. The smallest absolute Gasteiger partial charge is 0.249 e. The van der Waals surface area contributed by atoms with Crippen LogP contribution in [0.3, 0.4) is 0 Å². The number of carbonyl (C=O) groups is 3. The summed E-state index contributed by atoms with van der Waals surface area (Å²) >= 11 is 1.53. The van der Waals surface area contributed by atoms with E-state index >= 15 is 0 Å². The van der Waals surface area contributed by atoms with Crippen LogP contribution in [0.25, 0.3) is 0 Å². The summed E-state index contributed by atoms with van der Waals surface area (Å²) in [5, 5.41) is 28.6. The van der Waals surface area contributed by atoms with Crippen LogP contribution >= 0.6 is 11.8 Å². The highest BCUT2D eigenvalue weighted by Gasteiger charge is 2.63. The fourth-order valence-electron chi connectivity index (χ4n) is 3.87. The summed E-state index contributed by atoms with van der Waals surface area (Å²) in [5.74, 6) is -0.902. The largest absolute Gasteiger partial charge is 0.508 e. The molecular formula is C18H22N8O4S. The second kappa shape index (κ2) is 7.81. The number of hydrogen-bond acceptors (Lipinski definition) is 9. The Hall–Kier alpha value is -3.19. The molecule has 2 fully saturated rings. The number of aromatic nitrogens is 4. The lowest BCUT2D eigenvalue weighted by Gasteiger charge is -2.44. The topological polar surface area (TPSA) is 179 Å². The molecule has 3 unspecified atom stereocenters. The van der Waals surface area contributed by atoms with E-state index in [1.165, 1.54) is 36.0 Å². The van der Waals surface area contributed by atoms with Crippen molar-refractivity contribution in [2.45, 2.75) is 42.1 Å². The zero-order chi connectivity index (χ0) is 22.3. The van der Waals surface area contributed by atoms with E-state index in [0.29, 0.717) is 11.4 Å². The lowest BCUT2D eigenvalue weighted by Crippen LogP contribution is -2.68. The summed E-state index contributed by atoms with van der Waals surface area (Å²) in [7, 11) is 0. The summed E-state index contributed by atoms with van der Waals surface area (Å²) < 4.78 is -0.395. The van der Waals surface area contributed by atoms with Gasteiger partial charge in [-0.1, -0.05) is 17.3 Å². The molecule has 2 saturated heterocycles. The molecule has 3 amide bonds. The average Bonchev–Trinajstić information content (AvgIpc) is 3.34. The molecule has 2 aromatic rings. The molecular weight excluding hydrogens is 424 g/mol. The number of fused-ring (bicyclic) bond motifs is 1. The van der Waals surface area contributed by atoms with E-state index in [-0.39, 0.29) is 29.6 Å². The minimum Gasteiger partial charge on any atom is -0.508 e. The van der Waals surface area contributed by atoms with Crippen LogP contribution in [0.15, 0.2) is 24.3 Å². The number of nitrogens with one attached hydrogen (secondary N) is 3. The number of amides is 3. The van der Waals surface area contributed by atoms with Crippen LogP contribution in [0.2, 0.25) is 0 Å². The van der Waals surface area contributed by atoms with Crippen molar-refractivity contribution in [3.8, 4) is 5.75 Å². The Labute approximate surface area is 181 Å². The third-order valence-corrected chi connectivity index (χ3v) is 6.90. The summed E-state index contributed by atoms with van der Waals surface area (Å²) in [5.41, 5.74) is 5.83. The Morgan fingerprint density at radius 1 is 1.35 bits per heavy atom. The first-order valence-electron chi connectivity index (χ1n) is 9.55. The van der Waals surface area contributed by atoms with Crippen LogP contribution < -0.4 is 16.4 Å². The van der Waals surface area contributed by atoms with Crippen molar-refractivity contribution in [3.63, 3.8) is 0 Å². The number of aromatic amines is 1. The van der Waals surface area contributed by atoms with Crippen molar-refractivity contribution in [1.82, 2.24) is 36.2 Å². The molecule has 0 spiro atoms. The van der Waals surface area contributed by atoms with Gasteiger partial charge in [0.05, 0.1) is 6.54 Å². The number of tetrazole rings is 1. The maximum atomic E-state index is 13.0. The van der Waals surface area contributed by atoms with Gasteiger partial charge in [-0.15, -0.1) is 22.0 Å². The van der Waals surface area contributed by atoms with Gasteiger partial charge in [-0.05, 0) is 31.5 Å². The second-order valence-corrected chi connectivity index (χ2v) is 9.58. The lowest BCUT2D eigenvalue weighted by molar-refractivity contribution is -0.152. The van der Waals surface area contributed by atoms with Crippen LogP contribution in [0.5, 0.6) is 5.75 Å². The zero-order valence-corrected chi connectivity index (χ0v) is 17.6. The third-order valence-electron chi connectivity index (χ3n) is 5.32. The fraction of sp³-hybridized carbons (Fsp3) is 0.444. The number of nitrogens with two attached hydrogens (primary N) is 1. The van der Waals surface area contributed by atoms with Crippen molar-refractivity contribution in [1.29, 1.82) is 0 Å². The zero-order valence-electron chi connectivity index (χ0n) is 16.8. The van der Waals surface area contributed by atoms with Gasteiger partial charge in [0, 0.05) is 4.75 Å². The van der Waals surface area contributed by atoms with Crippen molar-refractivity contribution in [2.75, 3.05) is 6.54 Å². The summed E-state index contributed by atoms with van der Waals surface area (Å²) in [6.07, 6.45) is 0. The molecule has 4 rings (SSSR count). The molecule has 6 N–H and O–H groups in total. The van der Waals surface area contributed by atoms with E-state index in [4.69, 9.17) is 5.73 Å². The number of aromatic hydroxyl groups is 1. The quantitative estimate of drug-likeness (QED) is 0.346. The van der Waals surface area contributed by atoms with Gasteiger partial charge < -0.3 is 26.4 Å². The molecule has 2 aliphatic rings. The number of thioether (sulfide) groups is 1. The van der Waals surface area contributed by atoms with Crippen LogP contribution in [-0.2, 0) is 14.4 Å². The van der Waals surface area contributed by atoms with Gasteiger partial charge >= 0.3 is 0 Å². The molecule has 0 saturated carbocycles. The van der Waals surface area contributed by atoms with E-state index in [9.17, 15) is 19.5 Å². The number of rotatable bonds is 6. The third kappa shape index (κ3) is 3.70. The van der Waals surface area contributed by atoms with Gasteiger partial charge in [-0.2, -0.15) is 5.21 Å². The summed E-state index contributed by atoms with van der Waals surface area (Å²) in [6.45, 7) is 3.66. The average molecular weight is 446 g/mol. The number of H-pyrrole nitrogens is 1. The molecule has 31 heavy (non-hydrogen) atoms. The minimum absolute atomic E-state index is 0.0231. The number of nitrogens with zero attached hydrogens (tertiary/aromatic N) is 4. The first-order chi connectivity index (χ1) is 14.7. The number of phenols is 1. The maximum absolute atomic E-state index is 13.0. The molecule has 12 nitrogen and oxygen atoms in total. The molecule has 1 aromatic heterocycles. The Balaban J connectivity index is 1.53. The first kappa shape index (κ1) is 21.1. The van der Waals surface area contributed by atoms with E-state index in [1.807, 2.05) is 13.8 Å². The normalized spacial score (nSPS) is 24.8. The van der Waals surface area contributed by atoms with Gasteiger partial charge in [-0.25, -0.2) is 0 Å². The van der Waals surface area contributed by atoms with Gasteiger partial charge in [-0.3, -0.25) is 14.4 Å². The standard InChI is InChI=1S/C18H22N8O4S/c1-18(2)13(14-22-24-25-23-14)26-16(30)12(17(26)31-18)21-15(29)11(20-10(28)7-19)8-3-5-9(27)6-4-8/h3-6,11-13,17,27H,7,19H2,1-2H3,(H,20,28)(H,21,29)(H,22,23,24,25)/t11?,12?,13?,17-/m0/s1. The predicted octanol–water partition coefficient (Wildman–Crippen LogP) is -1.06. The lowest BCUT2D eigenvalue weighted by atomic mass is 9.95. The Bertz CT molecular complexity index is 996. The Morgan fingerprint density at radius 3 is 2.68 bits per heavy atom. The molecule has 13 heteroatoms. The SMILES string of the molecule is CC1(C)S[C@H]2C(NC(=O)C(NC(=O)CN)c3ccc(O)cc3)C(=O)N2C1c1nn[nH]n1. The first-order valence-corrected chi connectivity index (χ1v) is 10.4. The van der Waals surface area contributed by atoms with Crippen LogP contribution in [-0.4, -0.2) is 71.1 Å². The molecule has 4 atom stereocenters. The molecule has 2 aliphatic heterocycles. The number of phenolic OH excluding ortho intramolecular Hbond substituents is 1. The van der Waals surface area contributed by atoms with Crippen molar-refractivity contribution in [3.05, 3.63) is 35.7 Å². The summed E-state index contributed by atoms with van der Waals surface area (Å²) in [6, 6.07) is 3.65. The summed E-state index contributed by atoms with van der Waals surface area (Å²) in [4.78, 5) is 39.5. The Kier molecular flexibility index (Phi) is 5.31. The Morgan fingerprint density at radius 2 is 2.06 bits per heavy atom. The van der Waals surface area contributed by atoms with Crippen molar-refractivity contribution >= 4 is 29.5 Å². The molecule has 0 aliphatic carbocycles. The van der Waals surface area contributed by atoms with Crippen LogP contribution in [0.1, 0.15) is 37.3 Å². The molecule has 3 heterocycles. The van der Waals surface area contributed by atoms with Gasteiger partial charge in [0.1, 0.15) is 29.2 Å². The van der Waals surface area contributed by atoms with Crippen molar-refractivity contribution in [2.24, 2.45) is 5.73 Å². The van der Waals surface area contributed by atoms with E-state index in [2.05, 4.69) is 31.3 Å². The molecule has 1 aromatic carbocycles. The van der Waals surface area contributed by atoms with E-state index < -0.39 is 28.6 Å². The van der Waals surface area contributed by atoms with E-state index in [1.54, 1.807) is 4.90 Å². The highest BCUT2D eigenvalue weighted by atomic mass is 32.2. The fourth-order valence-corrected chi connectivity index (χ4v) is 5.50. The molecule has 0 bridgehead atoms. The van der Waals surface area contributed by atoms with E-state index in [0.717, 1.165) is 0 Å². The van der Waals surface area contributed by atoms with Crippen molar-refractivity contribution < 1.29 is 19.5 Å². The maximum Gasteiger partial charge on any atom is 0.249 e. The van der Waals surface area contributed by atoms with Crippen LogP contribution in [0.4, 0.5) is 0 Å². The monoisotopic (exact) mass is 446 g/mol. The number of hydrogen-bond donors (Lipinski definition) is 5.